The number of benzene rings is 2. The predicted octanol–water partition coefficient (Wildman–Crippen LogP) is 4.24. The number of aromatic nitrogens is 1. The minimum Gasteiger partial charge on any atom is -0.368 e. The Morgan fingerprint density at radius 2 is 1.72 bits per heavy atom. The quantitative estimate of drug-likeness (QED) is 0.724. The van der Waals surface area contributed by atoms with Crippen molar-refractivity contribution in [3.63, 3.8) is 0 Å². The molecule has 0 saturated carbocycles. The first-order valence-electron chi connectivity index (χ1n) is 9.68. The molecule has 4 rings (SSSR count). The second-order valence-corrected chi connectivity index (χ2v) is 7.18. The van der Waals surface area contributed by atoms with Crippen molar-refractivity contribution < 1.29 is 9.18 Å². The summed E-state index contributed by atoms with van der Waals surface area (Å²) >= 11 is 0. The van der Waals surface area contributed by atoms with Crippen LogP contribution >= 0.6 is 0 Å². The molecule has 1 saturated heterocycles. The topological polar surface area (TPSA) is 48.5 Å². The normalized spacial score (nSPS) is 14.0. The molecule has 1 N–H and O–H groups in total. The maximum Gasteiger partial charge on any atom is 0.272 e. The van der Waals surface area contributed by atoms with Crippen LogP contribution in [-0.4, -0.2) is 42.0 Å². The molecule has 2 aromatic carbocycles. The maximum absolute atomic E-state index is 13.1. The minimum atomic E-state index is -0.286. The van der Waals surface area contributed by atoms with Gasteiger partial charge in [-0.3, -0.25) is 9.78 Å². The number of nitrogens with one attached hydrogen (secondary N) is 1. The molecule has 0 unspecified atom stereocenters. The molecule has 0 aliphatic carbocycles. The monoisotopic (exact) mass is 390 g/mol. The third kappa shape index (κ3) is 4.54. The van der Waals surface area contributed by atoms with Gasteiger partial charge in [0.2, 0.25) is 0 Å². The summed E-state index contributed by atoms with van der Waals surface area (Å²) in [4.78, 5) is 21.3. The highest BCUT2D eigenvalue weighted by Gasteiger charge is 2.23. The van der Waals surface area contributed by atoms with Gasteiger partial charge in [0.25, 0.3) is 5.91 Å². The van der Waals surface area contributed by atoms with Crippen LogP contribution in [0.2, 0.25) is 0 Å². The van der Waals surface area contributed by atoms with E-state index in [-0.39, 0.29) is 11.7 Å². The molecule has 1 aliphatic heterocycles. The van der Waals surface area contributed by atoms with Gasteiger partial charge in [0.15, 0.2) is 0 Å². The van der Waals surface area contributed by atoms with Crippen molar-refractivity contribution >= 4 is 23.0 Å². The Morgan fingerprint density at radius 1 is 0.966 bits per heavy atom. The third-order valence-electron chi connectivity index (χ3n) is 5.05. The highest BCUT2D eigenvalue weighted by atomic mass is 19.1. The van der Waals surface area contributed by atoms with E-state index < -0.39 is 0 Å². The van der Waals surface area contributed by atoms with Gasteiger partial charge < -0.3 is 15.1 Å². The number of hydrogen-bond acceptors (Lipinski definition) is 4. The molecule has 148 valence electrons. The number of pyridine rings is 1. The van der Waals surface area contributed by atoms with Crippen LogP contribution in [0.4, 0.5) is 21.5 Å². The summed E-state index contributed by atoms with van der Waals surface area (Å²) in [6.07, 6.45) is 1.61. The Hall–Kier alpha value is -3.41. The van der Waals surface area contributed by atoms with Crippen LogP contribution in [0.15, 0.2) is 66.9 Å². The lowest BCUT2D eigenvalue weighted by atomic mass is 10.2. The summed E-state index contributed by atoms with van der Waals surface area (Å²) in [6, 6.07) is 18.0. The summed E-state index contributed by atoms with van der Waals surface area (Å²) in [7, 11) is 0. The van der Waals surface area contributed by atoms with Crippen molar-refractivity contribution in [2.24, 2.45) is 0 Å². The molecule has 0 radical (unpaired) electrons. The SMILES string of the molecule is Cc1cccc(N2CCN(C(=O)c3cc(Nc4ccc(F)cc4)ccn3)CC2)c1. The molecule has 0 spiro atoms. The van der Waals surface area contributed by atoms with E-state index in [1.54, 1.807) is 30.5 Å². The fraction of sp³-hybridized carbons (Fsp3) is 0.217. The standard InChI is InChI=1S/C23H23FN4O/c1-17-3-2-4-21(15-17)27-11-13-28(14-12-27)23(29)22-16-20(9-10-25-22)26-19-7-5-18(24)6-8-19/h2-10,15-16H,11-14H2,1H3,(H,25,26). The minimum absolute atomic E-state index is 0.0725. The number of rotatable bonds is 4. The number of piperazine rings is 1. The molecular formula is C23H23FN4O. The summed E-state index contributed by atoms with van der Waals surface area (Å²) in [6.45, 7) is 4.99. The third-order valence-corrected chi connectivity index (χ3v) is 5.05. The fourth-order valence-corrected chi connectivity index (χ4v) is 3.48. The van der Waals surface area contributed by atoms with E-state index in [9.17, 15) is 9.18 Å². The molecule has 1 fully saturated rings. The van der Waals surface area contributed by atoms with Gasteiger partial charge in [-0.15, -0.1) is 0 Å². The molecule has 6 heteroatoms. The highest BCUT2D eigenvalue weighted by Crippen LogP contribution is 2.20. The first-order valence-corrected chi connectivity index (χ1v) is 9.68. The maximum atomic E-state index is 13.1. The number of amides is 1. The summed E-state index contributed by atoms with van der Waals surface area (Å²) in [5.74, 6) is -0.359. The molecule has 29 heavy (non-hydrogen) atoms. The second kappa shape index (κ2) is 8.31. The Labute approximate surface area is 169 Å². The average molecular weight is 390 g/mol. The molecule has 0 atom stereocenters. The van der Waals surface area contributed by atoms with Crippen LogP contribution in [0.5, 0.6) is 0 Å². The molecule has 3 aromatic rings. The Kier molecular flexibility index (Phi) is 5.42. The van der Waals surface area contributed by atoms with E-state index in [1.807, 2.05) is 4.90 Å². The highest BCUT2D eigenvalue weighted by molar-refractivity contribution is 5.93. The molecule has 5 nitrogen and oxygen atoms in total. The lowest BCUT2D eigenvalue weighted by Gasteiger charge is -2.36. The van der Waals surface area contributed by atoms with Crippen LogP contribution < -0.4 is 10.2 Å². The van der Waals surface area contributed by atoms with Crippen molar-refractivity contribution in [1.29, 1.82) is 0 Å². The summed E-state index contributed by atoms with van der Waals surface area (Å²) < 4.78 is 13.1. The Balaban J connectivity index is 1.40. The van der Waals surface area contributed by atoms with Crippen molar-refractivity contribution in [3.05, 3.63) is 83.9 Å². The zero-order valence-corrected chi connectivity index (χ0v) is 16.3. The molecule has 1 aliphatic rings. The van der Waals surface area contributed by atoms with E-state index in [1.165, 1.54) is 23.4 Å². The Morgan fingerprint density at radius 3 is 2.45 bits per heavy atom. The van der Waals surface area contributed by atoms with E-state index in [4.69, 9.17) is 0 Å². The first-order chi connectivity index (χ1) is 14.1. The molecular weight excluding hydrogens is 367 g/mol. The Bertz CT molecular complexity index is 998. The number of anilines is 3. The van der Waals surface area contributed by atoms with Gasteiger partial charge in [-0.1, -0.05) is 12.1 Å². The fourth-order valence-electron chi connectivity index (χ4n) is 3.48. The summed E-state index contributed by atoms with van der Waals surface area (Å²) in [5.41, 5.74) is 4.33. The van der Waals surface area contributed by atoms with E-state index in [0.29, 0.717) is 18.8 Å². The zero-order chi connectivity index (χ0) is 20.2. The van der Waals surface area contributed by atoms with Crippen molar-refractivity contribution in [1.82, 2.24) is 9.88 Å². The number of aryl methyl sites for hydroxylation is 1. The van der Waals surface area contributed by atoms with Gasteiger partial charge in [0.1, 0.15) is 11.5 Å². The number of carbonyl (C=O) groups excluding carboxylic acids is 1. The van der Waals surface area contributed by atoms with E-state index >= 15 is 0 Å². The lowest BCUT2D eigenvalue weighted by Crippen LogP contribution is -2.49. The number of hydrogen-bond donors (Lipinski definition) is 1. The van der Waals surface area contributed by atoms with Gasteiger partial charge in [-0.25, -0.2) is 4.39 Å². The van der Waals surface area contributed by atoms with Crippen LogP contribution in [0.25, 0.3) is 0 Å². The van der Waals surface area contributed by atoms with Crippen molar-refractivity contribution in [3.8, 4) is 0 Å². The average Bonchev–Trinajstić information content (AvgIpc) is 2.75. The van der Waals surface area contributed by atoms with Crippen LogP contribution in [0, 0.1) is 12.7 Å². The molecule has 2 heterocycles. The van der Waals surface area contributed by atoms with Gasteiger partial charge in [-0.2, -0.15) is 0 Å². The largest absolute Gasteiger partial charge is 0.368 e. The van der Waals surface area contributed by atoms with Gasteiger partial charge >= 0.3 is 0 Å². The zero-order valence-electron chi connectivity index (χ0n) is 16.3. The lowest BCUT2D eigenvalue weighted by molar-refractivity contribution is 0.0741. The van der Waals surface area contributed by atoms with Crippen LogP contribution in [0.3, 0.4) is 0 Å². The molecule has 0 bridgehead atoms. The number of halogens is 1. The number of nitrogens with zero attached hydrogens (tertiary/aromatic N) is 3. The van der Waals surface area contributed by atoms with E-state index in [0.717, 1.165) is 24.5 Å². The van der Waals surface area contributed by atoms with Crippen molar-refractivity contribution in [2.45, 2.75) is 6.92 Å². The van der Waals surface area contributed by atoms with Gasteiger partial charge in [0.05, 0.1) is 0 Å². The molecule has 1 amide bonds. The van der Waals surface area contributed by atoms with Gasteiger partial charge in [-0.05, 0) is 61.0 Å². The predicted molar refractivity (Wildman–Crippen MR) is 113 cm³/mol. The smallest absolute Gasteiger partial charge is 0.272 e. The summed E-state index contributed by atoms with van der Waals surface area (Å²) in [5, 5.41) is 3.18. The van der Waals surface area contributed by atoms with Crippen molar-refractivity contribution in [2.75, 3.05) is 36.4 Å². The van der Waals surface area contributed by atoms with Crippen LogP contribution in [-0.2, 0) is 0 Å². The van der Waals surface area contributed by atoms with Gasteiger partial charge in [0, 0.05) is 49.4 Å². The van der Waals surface area contributed by atoms with E-state index in [2.05, 4.69) is 46.4 Å². The first kappa shape index (κ1) is 18.9. The second-order valence-electron chi connectivity index (χ2n) is 7.18. The number of carbonyl (C=O) groups is 1. The molecule has 1 aromatic heterocycles. The van der Waals surface area contributed by atoms with Crippen LogP contribution in [0.1, 0.15) is 16.1 Å².